The van der Waals surface area contributed by atoms with Crippen molar-refractivity contribution in [3.05, 3.63) is 97.1 Å². The molecule has 0 fully saturated rings. The first kappa shape index (κ1) is 42.0. The second-order valence-corrected chi connectivity index (χ2v) is 13.6. The van der Waals surface area contributed by atoms with Crippen molar-refractivity contribution in [1.82, 2.24) is 49.7 Å². The van der Waals surface area contributed by atoms with E-state index in [2.05, 4.69) is 38.0 Å². The van der Waals surface area contributed by atoms with Gasteiger partial charge < -0.3 is 63.6 Å². The van der Waals surface area contributed by atoms with Gasteiger partial charge in [-0.15, -0.1) is 0 Å². The summed E-state index contributed by atoms with van der Waals surface area (Å²) in [5.74, 6) is 2.21. The van der Waals surface area contributed by atoms with Gasteiger partial charge in [-0.05, 0) is 88.8 Å². The van der Waals surface area contributed by atoms with Gasteiger partial charge in [-0.1, -0.05) is 97.1 Å². The van der Waals surface area contributed by atoms with Crippen molar-refractivity contribution in [2.45, 2.75) is 12.8 Å². The van der Waals surface area contributed by atoms with Gasteiger partial charge in [-0.2, -0.15) is 0 Å². The zero-order valence-corrected chi connectivity index (χ0v) is 33.6. The van der Waals surface area contributed by atoms with Crippen molar-refractivity contribution in [2.24, 2.45) is 11.5 Å². The molecule has 5 heterocycles. The topological polar surface area (TPSA) is 164 Å². The number of halogens is 1. The minimum absolute atomic E-state index is 0. The average molecular weight is 811 g/mol. The molecule has 3 aromatic heterocycles. The van der Waals surface area contributed by atoms with Crippen molar-refractivity contribution in [3.8, 4) is 45.6 Å². The van der Waals surface area contributed by atoms with Crippen LogP contribution in [0, 0.1) is 0 Å². The molecule has 0 amide bonds. The zero-order valence-electron chi connectivity index (χ0n) is 31.8. The molecule has 8 bridgehead atoms. The third kappa shape index (κ3) is 9.11. The van der Waals surface area contributed by atoms with Crippen molar-refractivity contribution >= 4 is 44.1 Å². The van der Waals surface area contributed by atoms with Gasteiger partial charge in [-0.25, -0.2) is 9.97 Å². The molecule has 0 atom stereocenters. The van der Waals surface area contributed by atoms with Crippen LogP contribution in [0.3, 0.4) is 0 Å². The molecule has 0 aliphatic carbocycles. The van der Waals surface area contributed by atoms with Crippen LogP contribution >= 0.6 is 0 Å². The molecule has 0 saturated carbocycles. The number of rotatable bonds is 6. The summed E-state index contributed by atoms with van der Waals surface area (Å²) in [6.07, 6.45) is 2.21. The Hall–Kier alpha value is -5.12. The van der Waals surface area contributed by atoms with E-state index in [9.17, 15) is 0 Å². The molecule has 0 radical (unpaired) electrons. The Morgan fingerprint density at radius 3 is 0.893 bits per heavy atom. The Bertz CT molecular complexity index is 2250. The molecule has 4 aromatic carbocycles. The second-order valence-electron chi connectivity index (χ2n) is 13.6. The van der Waals surface area contributed by atoms with Crippen LogP contribution in [0.4, 0.5) is 0 Å². The summed E-state index contributed by atoms with van der Waals surface area (Å²) in [4.78, 5) is 43.5. The molecule has 0 unspecified atom stereocenters. The number of hydrogen-bond acceptors (Lipinski definition) is 10. The predicted molar refractivity (Wildman–Crippen MR) is 218 cm³/mol. The first-order valence-corrected chi connectivity index (χ1v) is 18.1. The molecule has 9 rings (SSSR count). The molecule has 12 nitrogen and oxygen atoms in total. The largest absolute Gasteiger partial charge is 3.00 e. The Morgan fingerprint density at radius 1 is 0.429 bits per heavy atom. The van der Waals surface area contributed by atoms with Gasteiger partial charge in [0.2, 0.25) is 0 Å². The van der Waals surface area contributed by atoms with Gasteiger partial charge in [-0.3, -0.25) is 0 Å². The molecule has 2 aliphatic rings. The smallest absolute Gasteiger partial charge is 1.00 e. The normalized spacial score (nSPS) is 11.1. The molecular formula is C42H44ClCoN12. The van der Waals surface area contributed by atoms with Gasteiger partial charge >= 0.3 is 16.8 Å². The first-order chi connectivity index (χ1) is 26.3. The van der Waals surface area contributed by atoms with Crippen LogP contribution in [0.1, 0.15) is 12.8 Å². The standard InChI is InChI=1S/C32H16N8.2C5H14N2.ClH.Co/c1-2-10-18-17(9-1)25-33-26(18)38-28-21-13-5-6-14-22(21)30(35-28)40-32-24-16-8-7-15-23(24)31(36-32)39-29-20-12-4-3-11-19(20)27(34-29)37-25;2*1-7(2)5-3-4-6;;/h1-16H;2*3-6H2,1-2H3;1H;/q-2;;;;+3/p-1. The number of benzene rings is 4. The fourth-order valence-electron chi connectivity index (χ4n) is 6.27. The molecule has 56 heavy (non-hydrogen) atoms. The molecule has 288 valence electrons. The molecule has 7 aromatic rings. The monoisotopic (exact) mass is 810 g/mol. The minimum Gasteiger partial charge on any atom is -1.00 e. The van der Waals surface area contributed by atoms with E-state index in [1.807, 2.05) is 97.1 Å². The SMILES string of the molecule is CN(C)CCCN.CN(C)CCCN.[Cl-].[Co+3].c1ccc2c(c1)-c1nc-2nc2[n-]c(nc3nc(nc4[n-]c(n1)c1ccccc41)-c1ccccc1-3)c1ccccc21. The van der Waals surface area contributed by atoms with Crippen LogP contribution in [-0.4, -0.2) is 94.1 Å². The molecule has 4 N–H and O–H groups in total. The van der Waals surface area contributed by atoms with Crippen molar-refractivity contribution < 1.29 is 29.2 Å². The minimum atomic E-state index is 0. The summed E-state index contributed by atoms with van der Waals surface area (Å²) >= 11 is 0. The van der Waals surface area contributed by atoms with Gasteiger partial charge in [0.15, 0.2) is 0 Å². The van der Waals surface area contributed by atoms with E-state index in [1.54, 1.807) is 0 Å². The Balaban J connectivity index is 0.000000324. The van der Waals surface area contributed by atoms with Gasteiger partial charge in [0, 0.05) is 44.8 Å². The van der Waals surface area contributed by atoms with E-state index in [0.29, 0.717) is 45.9 Å². The third-order valence-corrected chi connectivity index (χ3v) is 8.95. The van der Waals surface area contributed by atoms with Crippen LogP contribution in [0.15, 0.2) is 97.1 Å². The van der Waals surface area contributed by atoms with E-state index in [-0.39, 0.29) is 29.2 Å². The summed E-state index contributed by atoms with van der Waals surface area (Å²) in [5, 5.41) is 3.57. The van der Waals surface area contributed by atoms with E-state index >= 15 is 0 Å². The van der Waals surface area contributed by atoms with Crippen molar-refractivity contribution in [1.29, 1.82) is 0 Å². The summed E-state index contributed by atoms with van der Waals surface area (Å²) < 4.78 is 0. The third-order valence-electron chi connectivity index (χ3n) is 8.95. The summed E-state index contributed by atoms with van der Waals surface area (Å²) in [5.41, 5.74) is 16.3. The van der Waals surface area contributed by atoms with Crippen LogP contribution in [0.2, 0.25) is 0 Å². The first-order valence-electron chi connectivity index (χ1n) is 18.1. The van der Waals surface area contributed by atoms with E-state index in [1.165, 1.54) is 0 Å². The maximum Gasteiger partial charge on any atom is 3.00 e. The number of aromatic nitrogens is 8. The van der Waals surface area contributed by atoms with Gasteiger partial charge in [0.25, 0.3) is 0 Å². The van der Waals surface area contributed by atoms with Crippen LogP contribution < -0.4 is 33.8 Å². The summed E-state index contributed by atoms with van der Waals surface area (Å²) in [7, 11) is 8.20. The average Bonchev–Trinajstić information content (AvgIpc) is 3.92. The van der Waals surface area contributed by atoms with Crippen molar-refractivity contribution in [2.75, 3.05) is 54.4 Å². The Morgan fingerprint density at radius 2 is 0.679 bits per heavy atom. The molecule has 0 saturated heterocycles. The van der Waals surface area contributed by atoms with Crippen molar-refractivity contribution in [3.63, 3.8) is 0 Å². The van der Waals surface area contributed by atoms with E-state index in [4.69, 9.17) is 51.3 Å². The fraction of sp³-hybridized carbons (Fsp3) is 0.238. The number of fused-ring (bicyclic) bond motifs is 20. The number of hydrogen-bond donors (Lipinski definition) is 2. The molecule has 0 spiro atoms. The fourth-order valence-corrected chi connectivity index (χ4v) is 6.27. The van der Waals surface area contributed by atoms with E-state index < -0.39 is 0 Å². The zero-order chi connectivity index (χ0) is 37.6. The predicted octanol–water partition coefficient (Wildman–Crippen LogP) is 2.92. The van der Waals surface area contributed by atoms with Crippen LogP contribution in [0.5, 0.6) is 0 Å². The van der Waals surface area contributed by atoms with Gasteiger partial charge in [0.1, 0.15) is 0 Å². The number of nitrogens with two attached hydrogens (primary N) is 2. The Kier molecular flexibility index (Phi) is 14.4. The van der Waals surface area contributed by atoms with Crippen LogP contribution in [-0.2, 0) is 16.8 Å². The maximum atomic E-state index is 5.25. The molecular weight excluding hydrogens is 767 g/mol. The number of nitrogens with zero attached hydrogens (tertiary/aromatic N) is 10. The quantitative estimate of drug-likeness (QED) is 0.253. The van der Waals surface area contributed by atoms with Gasteiger partial charge in [0.05, 0.1) is 23.3 Å². The molecule has 2 aliphatic heterocycles. The van der Waals surface area contributed by atoms with Crippen LogP contribution in [0.25, 0.3) is 89.7 Å². The Labute approximate surface area is 342 Å². The maximum absolute atomic E-state index is 5.25. The summed E-state index contributed by atoms with van der Waals surface area (Å²) in [6, 6.07) is 31.8. The summed E-state index contributed by atoms with van der Waals surface area (Å²) in [6.45, 7) is 3.82. The molecule has 14 heteroatoms. The van der Waals surface area contributed by atoms with E-state index in [0.717, 1.165) is 82.8 Å². The second kappa shape index (κ2) is 19.2.